The molecule has 0 radical (unpaired) electrons. The number of nitrogens with zero attached hydrogens (tertiary/aromatic N) is 3. The lowest BCUT2D eigenvalue weighted by atomic mass is 10.1. The van der Waals surface area contributed by atoms with Gasteiger partial charge in [-0.05, 0) is 55.1 Å². The number of alkyl halides is 2. The van der Waals surface area contributed by atoms with Crippen LogP contribution in [0.3, 0.4) is 0 Å². The van der Waals surface area contributed by atoms with Gasteiger partial charge in [0.1, 0.15) is 18.2 Å². The van der Waals surface area contributed by atoms with Gasteiger partial charge >= 0.3 is 0 Å². The molecule has 3 aromatic carbocycles. The number of ether oxygens (including phenoxy) is 1. The first kappa shape index (κ1) is 34.6. The Hall–Kier alpha value is -4.23. The van der Waals surface area contributed by atoms with Gasteiger partial charge in [0, 0.05) is 38.6 Å². The molecule has 0 aliphatic heterocycles. The third-order valence-corrected chi connectivity index (χ3v) is 7.69. The molecule has 2 heterocycles. The first-order chi connectivity index (χ1) is 21.9. The van der Waals surface area contributed by atoms with Gasteiger partial charge in [-0.15, -0.1) is 0 Å². The van der Waals surface area contributed by atoms with E-state index >= 15 is 0 Å². The standard InChI is InChI=1S/C25H21Cl3F3N5O2.C6H7NO/c1-32-10-12-3-5-15(26)23(22(12)28)35-25-34-18-8-14(20(38-11-21(30)31)9-19(18)36(25)2)24(37)33-13-4-6-17(29)16(27)7-13;1-7-4-2-3-6(7)5-8/h3-9,21,32H,10-11H2,1-2H3,(H,33,37)(H,34,35);2-5H,1H3. The number of hydrogen-bond acceptors (Lipinski definition) is 6. The lowest BCUT2D eigenvalue weighted by Crippen LogP contribution is -2.16. The molecule has 2 aromatic heterocycles. The minimum absolute atomic E-state index is 0.0599. The largest absolute Gasteiger partial charge is 0.487 e. The van der Waals surface area contributed by atoms with E-state index in [0.717, 1.165) is 17.9 Å². The van der Waals surface area contributed by atoms with E-state index in [2.05, 4.69) is 20.9 Å². The number of hydrogen-bond donors (Lipinski definition) is 3. The van der Waals surface area contributed by atoms with Gasteiger partial charge in [0.25, 0.3) is 12.3 Å². The van der Waals surface area contributed by atoms with Gasteiger partial charge in [-0.2, -0.15) is 0 Å². The highest BCUT2D eigenvalue weighted by atomic mass is 35.5. The van der Waals surface area contributed by atoms with Gasteiger partial charge in [0.05, 0.1) is 43.0 Å². The lowest BCUT2D eigenvalue weighted by Gasteiger charge is -2.14. The number of aryl methyl sites for hydroxylation is 2. The van der Waals surface area contributed by atoms with Crippen molar-refractivity contribution < 1.29 is 27.5 Å². The quantitative estimate of drug-likeness (QED) is 0.129. The topological polar surface area (TPSA) is 102 Å². The third-order valence-electron chi connectivity index (χ3n) is 6.65. The highest BCUT2D eigenvalue weighted by Crippen LogP contribution is 2.37. The Labute approximate surface area is 277 Å². The average Bonchev–Trinajstić information content (AvgIpc) is 3.58. The number of carbonyl (C=O) groups excluding carboxylic acids is 2. The lowest BCUT2D eigenvalue weighted by molar-refractivity contribution is 0.0804. The van der Waals surface area contributed by atoms with Crippen molar-refractivity contribution in [3.8, 4) is 5.75 Å². The summed E-state index contributed by atoms with van der Waals surface area (Å²) in [5.41, 5.74) is 2.94. The molecule has 46 heavy (non-hydrogen) atoms. The van der Waals surface area contributed by atoms with Gasteiger partial charge in [-0.3, -0.25) is 9.59 Å². The first-order valence-corrected chi connectivity index (χ1v) is 14.7. The number of nitrogens with one attached hydrogen (secondary N) is 3. The number of carbonyl (C=O) groups is 2. The van der Waals surface area contributed by atoms with Crippen molar-refractivity contribution in [1.82, 2.24) is 19.4 Å². The fraction of sp³-hybridized carbons (Fsp3) is 0.194. The maximum absolute atomic E-state index is 13.5. The van der Waals surface area contributed by atoms with Crippen LogP contribution < -0.4 is 20.7 Å². The summed E-state index contributed by atoms with van der Waals surface area (Å²) in [5.74, 6) is -1.11. The molecule has 0 unspecified atom stereocenters. The van der Waals surface area contributed by atoms with Crippen LogP contribution in [-0.2, 0) is 20.6 Å². The van der Waals surface area contributed by atoms with Crippen LogP contribution >= 0.6 is 34.8 Å². The van der Waals surface area contributed by atoms with Crippen molar-refractivity contribution >= 4 is 75.4 Å². The van der Waals surface area contributed by atoms with Crippen LogP contribution in [0.25, 0.3) is 11.0 Å². The third kappa shape index (κ3) is 8.13. The second-order valence-electron chi connectivity index (χ2n) is 9.83. The number of aldehydes is 1. The highest BCUT2D eigenvalue weighted by Gasteiger charge is 2.21. The molecule has 0 fully saturated rings. The fourth-order valence-electron chi connectivity index (χ4n) is 4.30. The smallest absolute Gasteiger partial charge is 0.272 e. The van der Waals surface area contributed by atoms with Crippen LogP contribution in [0.5, 0.6) is 5.75 Å². The molecule has 0 saturated carbocycles. The second-order valence-corrected chi connectivity index (χ2v) is 11.0. The van der Waals surface area contributed by atoms with Gasteiger partial charge < -0.3 is 29.8 Å². The molecule has 0 bridgehead atoms. The SMILES string of the molecule is CNCc1ccc(Cl)c(Nc2nc3cc(C(=O)Nc4ccc(F)c(Cl)c4)c(OCC(F)F)cc3n2C)c1Cl.Cn1cccc1C=O. The summed E-state index contributed by atoms with van der Waals surface area (Å²) in [6.45, 7) is -0.420. The predicted octanol–water partition coefficient (Wildman–Crippen LogP) is 7.87. The van der Waals surface area contributed by atoms with E-state index in [-0.39, 0.29) is 22.0 Å². The summed E-state index contributed by atoms with van der Waals surface area (Å²) >= 11 is 18.7. The molecule has 9 nitrogen and oxygen atoms in total. The molecule has 5 aromatic rings. The summed E-state index contributed by atoms with van der Waals surface area (Å²) < 4.78 is 48.1. The zero-order valence-corrected chi connectivity index (χ0v) is 26.9. The molecule has 0 aliphatic rings. The Kier molecular flexibility index (Phi) is 11.6. The second kappa shape index (κ2) is 15.4. The Balaban J connectivity index is 0.000000523. The monoisotopic (exact) mass is 694 g/mol. The van der Waals surface area contributed by atoms with E-state index in [1.807, 2.05) is 19.3 Å². The molecule has 0 saturated heterocycles. The molecule has 5 rings (SSSR count). The molecule has 1 amide bonds. The zero-order chi connectivity index (χ0) is 33.5. The maximum Gasteiger partial charge on any atom is 0.272 e. The Morgan fingerprint density at radius 2 is 1.83 bits per heavy atom. The molecule has 3 N–H and O–H groups in total. The normalized spacial score (nSPS) is 10.9. The van der Waals surface area contributed by atoms with E-state index in [1.54, 1.807) is 41.4 Å². The summed E-state index contributed by atoms with van der Waals surface area (Å²) in [5, 5.41) is 9.28. The van der Waals surface area contributed by atoms with Gasteiger partial charge in [0.2, 0.25) is 5.95 Å². The van der Waals surface area contributed by atoms with Crippen molar-refractivity contribution in [1.29, 1.82) is 0 Å². The minimum atomic E-state index is -2.77. The van der Waals surface area contributed by atoms with Crippen LogP contribution in [0.2, 0.25) is 15.1 Å². The summed E-state index contributed by atoms with van der Waals surface area (Å²) in [6, 6.07) is 13.6. The highest BCUT2D eigenvalue weighted by molar-refractivity contribution is 6.39. The van der Waals surface area contributed by atoms with Crippen LogP contribution in [0.4, 0.5) is 30.5 Å². The van der Waals surface area contributed by atoms with Crippen molar-refractivity contribution in [3.63, 3.8) is 0 Å². The van der Waals surface area contributed by atoms with Crippen molar-refractivity contribution in [2.45, 2.75) is 13.0 Å². The van der Waals surface area contributed by atoms with Gasteiger partial charge in [0.15, 0.2) is 6.29 Å². The molecule has 0 spiro atoms. The minimum Gasteiger partial charge on any atom is -0.487 e. The number of aromatic nitrogens is 3. The molecule has 0 atom stereocenters. The number of rotatable bonds is 10. The maximum atomic E-state index is 13.5. The van der Waals surface area contributed by atoms with E-state index in [4.69, 9.17) is 39.5 Å². The number of amides is 1. The predicted molar refractivity (Wildman–Crippen MR) is 175 cm³/mol. The van der Waals surface area contributed by atoms with Crippen LogP contribution in [-0.4, -0.2) is 46.4 Å². The van der Waals surface area contributed by atoms with Gasteiger partial charge in [-0.1, -0.05) is 40.9 Å². The van der Waals surface area contributed by atoms with E-state index < -0.39 is 24.8 Å². The average molecular weight is 696 g/mol. The Morgan fingerprint density at radius 1 is 1.07 bits per heavy atom. The Bertz CT molecular complexity index is 1880. The number of imidazole rings is 1. The van der Waals surface area contributed by atoms with E-state index in [1.165, 1.54) is 24.3 Å². The number of anilines is 3. The number of halogens is 6. The van der Waals surface area contributed by atoms with Gasteiger partial charge in [-0.25, -0.2) is 18.2 Å². The van der Waals surface area contributed by atoms with E-state index in [9.17, 15) is 22.8 Å². The molecular formula is C31H28Cl3F3N6O3. The molecule has 242 valence electrons. The summed E-state index contributed by atoms with van der Waals surface area (Å²) in [4.78, 5) is 27.7. The van der Waals surface area contributed by atoms with Crippen LogP contribution in [0.15, 0.2) is 60.8 Å². The summed E-state index contributed by atoms with van der Waals surface area (Å²) in [7, 11) is 5.31. The van der Waals surface area contributed by atoms with Crippen molar-refractivity contribution in [2.75, 3.05) is 24.3 Å². The zero-order valence-electron chi connectivity index (χ0n) is 24.7. The first-order valence-electron chi connectivity index (χ1n) is 13.6. The Morgan fingerprint density at radius 3 is 2.43 bits per heavy atom. The summed E-state index contributed by atoms with van der Waals surface area (Å²) in [6.07, 6.45) is -0.0977. The van der Waals surface area contributed by atoms with Crippen molar-refractivity contribution in [3.05, 3.63) is 98.5 Å². The molecule has 15 heteroatoms. The fourth-order valence-corrected chi connectivity index (χ4v) is 5.01. The van der Waals surface area contributed by atoms with E-state index in [0.29, 0.717) is 45.0 Å². The molecular weight excluding hydrogens is 668 g/mol. The van der Waals surface area contributed by atoms with Crippen LogP contribution in [0.1, 0.15) is 26.4 Å². The van der Waals surface area contributed by atoms with Crippen LogP contribution in [0, 0.1) is 5.82 Å². The number of fused-ring (bicyclic) bond motifs is 1. The number of benzene rings is 3. The molecule has 0 aliphatic carbocycles. The van der Waals surface area contributed by atoms with Crippen molar-refractivity contribution in [2.24, 2.45) is 14.1 Å².